The van der Waals surface area contributed by atoms with Gasteiger partial charge in [0.15, 0.2) is 0 Å². The summed E-state index contributed by atoms with van der Waals surface area (Å²) in [4.78, 5) is 9.88. The molecule has 1 aliphatic carbocycles. The Hall–Kier alpha value is -2.25. The highest BCUT2D eigenvalue weighted by Gasteiger charge is 2.61. The summed E-state index contributed by atoms with van der Waals surface area (Å²) in [5.41, 5.74) is -2.38. The number of nitro benzene ring substituents is 1. The molecule has 2 rings (SSSR count). The number of nitrogens with zero attached hydrogens (tertiary/aromatic N) is 1. The summed E-state index contributed by atoms with van der Waals surface area (Å²) in [6, 6.07) is 4.86. The van der Waals surface area contributed by atoms with Crippen LogP contribution in [0.3, 0.4) is 0 Å². The van der Waals surface area contributed by atoms with Gasteiger partial charge in [-0.1, -0.05) is 0 Å². The minimum atomic E-state index is -4.49. The van der Waals surface area contributed by atoms with E-state index in [-0.39, 0.29) is 24.3 Å². The maximum absolute atomic E-state index is 12.9. The van der Waals surface area contributed by atoms with E-state index < -0.39 is 22.6 Å². The molecule has 5 nitrogen and oxygen atoms in total. The molecule has 0 aliphatic heterocycles. The lowest BCUT2D eigenvalue weighted by Gasteiger charge is -2.42. The van der Waals surface area contributed by atoms with Crippen molar-refractivity contribution in [3.63, 3.8) is 0 Å². The molecular formula is C13H12F3NO4. The highest BCUT2D eigenvalue weighted by Crippen LogP contribution is 2.49. The maximum atomic E-state index is 12.9. The molecule has 1 aliphatic rings. The summed E-state index contributed by atoms with van der Waals surface area (Å²) >= 11 is 0. The highest BCUT2D eigenvalue weighted by atomic mass is 19.4. The number of alkyl halides is 3. The second kappa shape index (κ2) is 5.27. The van der Waals surface area contributed by atoms with E-state index in [4.69, 9.17) is 9.47 Å². The lowest BCUT2D eigenvalue weighted by Crippen LogP contribution is -2.53. The van der Waals surface area contributed by atoms with Gasteiger partial charge in [-0.15, -0.1) is 0 Å². The second-order valence-corrected chi connectivity index (χ2v) is 4.67. The average Bonchev–Trinajstić information content (AvgIpc) is 2.33. The standard InChI is InChI=1S/C13H12F3NO4/c1-9(21-12(7-2-8-12)13(14,15)16)20-11-5-3-10(4-6-11)17(18)19/h3-6H,1-2,7-8H2. The Morgan fingerprint density at radius 2 is 1.86 bits per heavy atom. The van der Waals surface area contributed by atoms with Gasteiger partial charge < -0.3 is 9.47 Å². The van der Waals surface area contributed by atoms with E-state index in [1.54, 1.807) is 0 Å². The van der Waals surface area contributed by atoms with Crippen LogP contribution in [-0.4, -0.2) is 16.7 Å². The Morgan fingerprint density at radius 3 is 2.24 bits per heavy atom. The predicted molar refractivity (Wildman–Crippen MR) is 66.6 cm³/mol. The quantitative estimate of drug-likeness (QED) is 0.469. The molecule has 0 radical (unpaired) electrons. The summed E-state index contributed by atoms with van der Waals surface area (Å²) in [6.45, 7) is 3.31. The normalized spacial score (nSPS) is 16.7. The van der Waals surface area contributed by atoms with Gasteiger partial charge in [0, 0.05) is 12.1 Å². The van der Waals surface area contributed by atoms with Crippen molar-refractivity contribution >= 4 is 5.69 Å². The summed E-state index contributed by atoms with van der Waals surface area (Å²) in [5.74, 6) is -0.372. The zero-order valence-corrected chi connectivity index (χ0v) is 10.9. The van der Waals surface area contributed by atoms with Crippen molar-refractivity contribution in [3.8, 4) is 5.75 Å². The van der Waals surface area contributed by atoms with Gasteiger partial charge in [0.25, 0.3) is 11.6 Å². The van der Waals surface area contributed by atoms with E-state index in [1.165, 1.54) is 24.3 Å². The molecule has 0 atom stereocenters. The Labute approximate surface area is 118 Å². The zero-order chi connectivity index (χ0) is 15.7. The third kappa shape index (κ3) is 3.09. The second-order valence-electron chi connectivity index (χ2n) is 4.67. The zero-order valence-electron chi connectivity index (χ0n) is 10.9. The van der Waals surface area contributed by atoms with Gasteiger partial charge >= 0.3 is 6.18 Å². The van der Waals surface area contributed by atoms with Crippen LogP contribution in [0.4, 0.5) is 18.9 Å². The number of nitro groups is 1. The van der Waals surface area contributed by atoms with E-state index in [0.29, 0.717) is 6.42 Å². The molecule has 21 heavy (non-hydrogen) atoms. The van der Waals surface area contributed by atoms with Crippen molar-refractivity contribution in [2.24, 2.45) is 0 Å². The van der Waals surface area contributed by atoms with Gasteiger partial charge in [0.2, 0.25) is 5.60 Å². The lowest BCUT2D eigenvalue weighted by atomic mass is 9.79. The van der Waals surface area contributed by atoms with E-state index in [1.807, 2.05) is 0 Å². The van der Waals surface area contributed by atoms with Crippen LogP contribution in [-0.2, 0) is 4.74 Å². The molecular weight excluding hydrogens is 291 g/mol. The fourth-order valence-electron chi connectivity index (χ4n) is 1.95. The molecule has 0 amide bonds. The van der Waals surface area contributed by atoms with Crippen molar-refractivity contribution in [3.05, 3.63) is 46.9 Å². The van der Waals surface area contributed by atoms with Crippen molar-refractivity contribution in [1.29, 1.82) is 0 Å². The lowest BCUT2D eigenvalue weighted by molar-refractivity contribution is -0.384. The molecule has 0 heterocycles. The summed E-state index contributed by atoms with van der Waals surface area (Å²) < 4.78 is 48.6. The first kappa shape index (κ1) is 15.1. The first-order valence-corrected chi connectivity index (χ1v) is 6.10. The average molecular weight is 303 g/mol. The fraction of sp³-hybridized carbons (Fsp3) is 0.385. The van der Waals surface area contributed by atoms with Gasteiger partial charge in [-0.3, -0.25) is 10.1 Å². The highest BCUT2D eigenvalue weighted by molar-refractivity contribution is 5.36. The minimum Gasteiger partial charge on any atom is -0.449 e. The molecule has 114 valence electrons. The molecule has 1 aromatic rings. The van der Waals surface area contributed by atoms with E-state index in [0.717, 1.165) is 0 Å². The monoisotopic (exact) mass is 303 g/mol. The van der Waals surface area contributed by atoms with Crippen LogP contribution in [0.2, 0.25) is 0 Å². The first-order chi connectivity index (χ1) is 9.73. The number of benzene rings is 1. The molecule has 1 saturated carbocycles. The van der Waals surface area contributed by atoms with Crippen molar-refractivity contribution in [2.45, 2.75) is 31.0 Å². The van der Waals surface area contributed by atoms with Crippen LogP contribution < -0.4 is 4.74 Å². The minimum absolute atomic E-state index is 0.113. The number of hydrogen-bond acceptors (Lipinski definition) is 4. The molecule has 0 unspecified atom stereocenters. The summed E-state index contributed by atoms with van der Waals surface area (Å²) in [5, 5.41) is 10.5. The van der Waals surface area contributed by atoms with E-state index in [2.05, 4.69) is 6.58 Å². The largest absolute Gasteiger partial charge is 0.449 e. The van der Waals surface area contributed by atoms with Crippen LogP contribution in [0.5, 0.6) is 5.75 Å². The Balaban J connectivity index is 2.00. The van der Waals surface area contributed by atoms with Crippen LogP contribution in [0, 0.1) is 10.1 Å². The number of rotatable bonds is 5. The van der Waals surface area contributed by atoms with Crippen LogP contribution >= 0.6 is 0 Å². The van der Waals surface area contributed by atoms with E-state index in [9.17, 15) is 23.3 Å². The van der Waals surface area contributed by atoms with Gasteiger partial charge in [0.1, 0.15) is 5.75 Å². The number of non-ortho nitro benzene ring substituents is 1. The van der Waals surface area contributed by atoms with Crippen LogP contribution in [0.1, 0.15) is 19.3 Å². The molecule has 0 N–H and O–H groups in total. The van der Waals surface area contributed by atoms with Crippen molar-refractivity contribution in [1.82, 2.24) is 0 Å². The first-order valence-electron chi connectivity index (χ1n) is 6.10. The van der Waals surface area contributed by atoms with E-state index >= 15 is 0 Å². The maximum Gasteiger partial charge on any atom is 0.428 e. The number of hydrogen-bond donors (Lipinski definition) is 0. The van der Waals surface area contributed by atoms with Crippen molar-refractivity contribution < 1.29 is 27.6 Å². The molecule has 1 fully saturated rings. The topological polar surface area (TPSA) is 61.6 Å². The predicted octanol–water partition coefficient (Wildman–Crippen LogP) is 3.95. The Bertz CT molecular complexity index is 550. The third-order valence-electron chi connectivity index (χ3n) is 3.27. The molecule has 0 aromatic heterocycles. The van der Waals surface area contributed by atoms with Gasteiger partial charge in [-0.2, -0.15) is 13.2 Å². The van der Waals surface area contributed by atoms with Crippen LogP contribution in [0.15, 0.2) is 36.8 Å². The Morgan fingerprint density at radius 1 is 1.29 bits per heavy atom. The number of halogens is 3. The summed E-state index contributed by atoms with van der Waals surface area (Å²) in [7, 11) is 0. The molecule has 0 spiro atoms. The van der Waals surface area contributed by atoms with Crippen molar-refractivity contribution in [2.75, 3.05) is 0 Å². The number of ether oxygens (including phenoxy) is 2. The summed E-state index contributed by atoms with van der Waals surface area (Å²) in [6.07, 6.45) is -4.35. The molecule has 0 saturated heterocycles. The SMILES string of the molecule is C=C(Oc1ccc([N+](=O)[O-])cc1)OC1(C(F)(F)F)CCC1. The molecule has 8 heteroatoms. The van der Waals surface area contributed by atoms with Gasteiger partial charge in [-0.05, 0) is 38.0 Å². The van der Waals surface area contributed by atoms with Crippen LogP contribution in [0.25, 0.3) is 0 Å². The Kier molecular flexibility index (Phi) is 3.80. The molecule has 1 aromatic carbocycles. The third-order valence-corrected chi connectivity index (χ3v) is 3.27. The molecule has 0 bridgehead atoms. The van der Waals surface area contributed by atoms with Gasteiger partial charge in [0.05, 0.1) is 4.92 Å². The van der Waals surface area contributed by atoms with Gasteiger partial charge in [-0.25, -0.2) is 0 Å². The fourth-order valence-corrected chi connectivity index (χ4v) is 1.95. The smallest absolute Gasteiger partial charge is 0.428 e.